The van der Waals surface area contributed by atoms with Gasteiger partial charge in [-0.3, -0.25) is 4.79 Å². The lowest BCUT2D eigenvalue weighted by atomic mass is 9.84. The number of benzene rings is 1. The van der Waals surface area contributed by atoms with Gasteiger partial charge in [-0.25, -0.2) is 0 Å². The van der Waals surface area contributed by atoms with E-state index in [9.17, 15) is 10.1 Å². The fourth-order valence-electron chi connectivity index (χ4n) is 4.17. The van der Waals surface area contributed by atoms with Crippen LogP contribution >= 0.6 is 23.2 Å². The molecule has 1 fully saturated rings. The van der Waals surface area contributed by atoms with Gasteiger partial charge in [-0.1, -0.05) is 29.3 Å². The number of nitrogens with zero attached hydrogens (tertiary/aromatic N) is 2. The SMILES string of the molecule is Cc1cc2c(c(=O)n1CC[NH+]1CCOCC1)[C@H](c1ccc(Cl)c(Cl)c1)C(C#N)=C(N)O2. The van der Waals surface area contributed by atoms with Crippen molar-refractivity contribution in [1.29, 1.82) is 5.26 Å². The molecule has 0 spiro atoms. The Balaban J connectivity index is 1.79. The molecule has 1 aromatic carbocycles. The number of rotatable bonds is 4. The van der Waals surface area contributed by atoms with Crippen LogP contribution in [0.15, 0.2) is 40.5 Å². The normalized spacial score (nSPS) is 19.0. The van der Waals surface area contributed by atoms with Crippen LogP contribution in [0.2, 0.25) is 10.0 Å². The molecule has 2 aromatic rings. The Hall–Kier alpha value is -2.50. The molecule has 4 rings (SSSR count). The predicted molar refractivity (Wildman–Crippen MR) is 118 cm³/mol. The number of morpholine rings is 1. The van der Waals surface area contributed by atoms with E-state index in [-0.39, 0.29) is 17.0 Å². The molecular weight excluding hydrogens is 439 g/mol. The number of aromatic nitrogens is 1. The predicted octanol–water partition coefficient (Wildman–Crippen LogP) is 1.60. The number of fused-ring (bicyclic) bond motifs is 1. The maximum absolute atomic E-state index is 13.6. The van der Waals surface area contributed by atoms with Crippen LogP contribution in [0.1, 0.15) is 22.7 Å². The standard InChI is InChI=1S/C22H22Cl2N4O3/c1-13-10-18-20(22(29)28(13)5-4-27-6-8-30-9-7-27)19(15(12-25)21(26)31-18)14-2-3-16(23)17(24)11-14/h2-3,10-11,19H,4-9,26H2,1H3/p+1/t19-/m1/s1. The van der Waals surface area contributed by atoms with Gasteiger partial charge in [0.05, 0.1) is 47.8 Å². The molecule has 2 aliphatic heterocycles. The topological polar surface area (TPSA) is 94.7 Å². The summed E-state index contributed by atoms with van der Waals surface area (Å²) in [5, 5.41) is 10.5. The zero-order valence-electron chi connectivity index (χ0n) is 17.1. The fraction of sp³-hybridized carbons (Fsp3) is 0.364. The number of aryl methyl sites for hydroxylation is 1. The summed E-state index contributed by atoms with van der Waals surface area (Å²) in [6.07, 6.45) is 0. The van der Waals surface area contributed by atoms with Gasteiger partial charge < -0.3 is 24.7 Å². The van der Waals surface area contributed by atoms with Gasteiger partial charge in [0, 0.05) is 11.8 Å². The second kappa shape index (κ2) is 8.93. The van der Waals surface area contributed by atoms with Gasteiger partial charge in [0.2, 0.25) is 5.88 Å². The van der Waals surface area contributed by atoms with Gasteiger partial charge in [0.15, 0.2) is 0 Å². The lowest BCUT2D eigenvalue weighted by Gasteiger charge is -2.28. The molecule has 31 heavy (non-hydrogen) atoms. The summed E-state index contributed by atoms with van der Waals surface area (Å²) in [5.41, 5.74) is 7.84. The largest absolute Gasteiger partial charge is 0.440 e. The number of hydrogen-bond acceptors (Lipinski definition) is 5. The van der Waals surface area contributed by atoms with E-state index in [2.05, 4.69) is 6.07 Å². The number of halogens is 2. The maximum atomic E-state index is 13.6. The third-order valence-electron chi connectivity index (χ3n) is 5.86. The second-order valence-corrected chi connectivity index (χ2v) is 8.55. The molecule has 0 bridgehead atoms. The summed E-state index contributed by atoms with van der Waals surface area (Å²) in [6, 6.07) is 8.97. The van der Waals surface area contributed by atoms with Crippen molar-refractivity contribution in [3.63, 3.8) is 0 Å². The summed E-state index contributed by atoms with van der Waals surface area (Å²) < 4.78 is 12.8. The summed E-state index contributed by atoms with van der Waals surface area (Å²) >= 11 is 12.3. The smallest absolute Gasteiger partial charge is 0.258 e. The van der Waals surface area contributed by atoms with Crippen LogP contribution in [0.25, 0.3) is 0 Å². The van der Waals surface area contributed by atoms with Gasteiger partial charge in [-0.2, -0.15) is 5.26 Å². The van der Waals surface area contributed by atoms with E-state index < -0.39 is 5.92 Å². The number of nitrogens with two attached hydrogens (primary N) is 1. The fourth-order valence-corrected chi connectivity index (χ4v) is 4.48. The highest BCUT2D eigenvalue weighted by Crippen LogP contribution is 2.41. The molecule has 1 aromatic heterocycles. The highest BCUT2D eigenvalue weighted by molar-refractivity contribution is 6.42. The first-order valence-electron chi connectivity index (χ1n) is 10.1. The molecule has 7 nitrogen and oxygen atoms in total. The Bertz CT molecular complexity index is 1150. The molecule has 1 atom stereocenters. The lowest BCUT2D eigenvalue weighted by Crippen LogP contribution is -3.14. The van der Waals surface area contributed by atoms with Gasteiger partial charge in [-0.15, -0.1) is 0 Å². The van der Waals surface area contributed by atoms with Crippen LogP contribution in [0.5, 0.6) is 5.75 Å². The van der Waals surface area contributed by atoms with Crippen molar-refractivity contribution in [1.82, 2.24) is 4.57 Å². The van der Waals surface area contributed by atoms with E-state index in [1.807, 2.05) is 6.92 Å². The molecule has 0 unspecified atom stereocenters. The molecule has 2 aliphatic rings. The Kier molecular flexibility index (Phi) is 6.26. The minimum atomic E-state index is -0.682. The van der Waals surface area contributed by atoms with Crippen molar-refractivity contribution >= 4 is 23.2 Å². The molecular formula is C22H23Cl2N4O3+. The minimum Gasteiger partial charge on any atom is -0.440 e. The van der Waals surface area contributed by atoms with Crippen LogP contribution in [-0.4, -0.2) is 37.4 Å². The van der Waals surface area contributed by atoms with E-state index in [4.69, 9.17) is 38.4 Å². The van der Waals surface area contributed by atoms with Crippen molar-refractivity contribution in [3.8, 4) is 11.8 Å². The molecule has 3 N–H and O–H groups in total. The second-order valence-electron chi connectivity index (χ2n) is 7.73. The average Bonchev–Trinajstić information content (AvgIpc) is 2.75. The molecule has 0 saturated carbocycles. The van der Waals surface area contributed by atoms with Gasteiger partial charge in [-0.05, 0) is 24.6 Å². The third kappa shape index (κ3) is 4.17. The van der Waals surface area contributed by atoms with Crippen LogP contribution < -0.4 is 20.9 Å². The third-order valence-corrected chi connectivity index (χ3v) is 6.59. The van der Waals surface area contributed by atoms with Crippen LogP contribution in [0, 0.1) is 18.3 Å². The summed E-state index contributed by atoms with van der Waals surface area (Å²) in [7, 11) is 0. The van der Waals surface area contributed by atoms with Crippen molar-refractivity contribution < 1.29 is 14.4 Å². The number of allylic oxidation sites excluding steroid dienone is 1. The Morgan fingerprint density at radius 2 is 2.00 bits per heavy atom. The first-order valence-corrected chi connectivity index (χ1v) is 10.8. The Labute approximate surface area is 190 Å². The van der Waals surface area contributed by atoms with E-state index in [0.29, 0.717) is 33.5 Å². The van der Waals surface area contributed by atoms with Gasteiger partial charge in [0.25, 0.3) is 5.56 Å². The number of hydrogen-bond donors (Lipinski definition) is 2. The number of quaternary nitrogens is 1. The average molecular weight is 462 g/mol. The number of pyridine rings is 1. The van der Waals surface area contributed by atoms with Crippen molar-refractivity contribution in [2.24, 2.45) is 5.73 Å². The molecule has 0 amide bonds. The summed E-state index contributed by atoms with van der Waals surface area (Å²) in [6.45, 7) is 6.55. The van der Waals surface area contributed by atoms with E-state index in [1.165, 1.54) is 4.90 Å². The Morgan fingerprint density at radius 3 is 2.68 bits per heavy atom. The Morgan fingerprint density at radius 1 is 1.26 bits per heavy atom. The molecule has 3 heterocycles. The van der Waals surface area contributed by atoms with Crippen LogP contribution in [-0.2, 0) is 11.3 Å². The number of nitriles is 1. The minimum absolute atomic E-state index is 0.0135. The summed E-state index contributed by atoms with van der Waals surface area (Å²) in [4.78, 5) is 15.0. The van der Waals surface area contributed by atoms with E-state index in [0.717, 1.165) is 38.5 Å². The zero-order chi connectivity index (χ0) is 22.1. The molecule has 1 saturated heterocycles. The zero-order valence-corrected chi connectivity index (χ0v) is 18.6. The van der Waals surface area contributed by atoms with Crippen LogP contribution in [0.4, 0.5) is 0 Å². The van der Waals surface area contributed by atoms with Crippen molar-refractivity contribution in [2.75, 3.05) is 32.8 Å². The lowest BCUT2D eigenvalue weighted by molar-refractivity contribution is -0.908. The monoisotopic (exact) mass is 461 g/mol. The molecule has 9 heteroatoms. The van der Waals surface area contributed by atoms with E-state index >= 15 is 0 Å². The van der Waals surface area contributed by atoms with Crippen LogP contribution in [0.3, 0.4) is 0 Å². The molecule has 162 valence electrons. The first kappa shape index (κ1) is 21.7. The van der Waals surface area contributed by atoms with Gasteiger partial charge >= 0.3 is 0 Å². The van der Waals surface area contributed by atoms with Crippen molar-refractivity contribution in [2.45, 2.75) is 19.4 Å². The highest BCUT2D eigenvalue weighted by Gasteiger charge is 2.34. The first-order chi connectivity index (χ1) is 14.9. The molecule has 0 aliphatic carbocycles. The van der Waals surface area contributed by atoms with E-state index in [1.54, 1.807) is 28.8 Å². The summed E-state index contributed by atoms with van der Waals surface area (Å²) in [5.74, 6) is -0.330. The quantitative estimate of drug-likeness (QED) is 0.720. The molecule has 0 radical (unpaired) electrons. The number of nitrogens with one attached hydrogen (secondary N) is 1. The number of ether oxygens (including phenoxy) is 2. The van der Waals surface area contributed by atoms with Crippen molar-refractivity contribution in [3.05, 3.63) is 72.9 Å². The van der Waals surface area contributed by atoms with Gasteiger partial charge in [0.1, 0.15) is 30.5 Å². The highest BCUT2D eigenvalue weighted by atomic mass is 35.5. The maximum Gasteiger partial charge on any atom is 0.258 e.